The third-order valence-corrected chi connectivity index (χ3v) is 6.38. The van der Waals surface area contributed by atoms with E-state index in [9.17, 15) is 4.79 Å². The van der Waals surface area contributed by atoms with Crippen LogP contribution >= 0.6 is 0 Å². The molecule has 1 aliphatic heterocycles. The van der Waals surface area contributed by atoms with Crippen LogP contribution in [0.25, 0.3) is 0 Å². The van der Waals surface area contributed by atoms with Gasteiger partial charge in [0.05, 0.1) is 13.2 Å². The maximum absolute atomic E-state index is 12.4. The molecule has 0 radical (unpaired) electrons. The van der Waals surface area contributed by atoms with Crippen LogP contribution in [0.1, 0.15) is 78.5 Å². The molecular formula is C25H32N2O2. The highest BCUT2D eigenvalue weighted by atomic mass is 16.5. The molecule has 2 N–H and O–H groups in total. The van der Waals surface area contributed by atoms with Gasteiger partial charge in [0, 0.05) is 17.6 Å². The molecule has 2 aromatic carbocycles. The SMILES string of the molecule is CCCC[C@H]1Cc2cc(OC)ccc2C(c2ccc(C(=O)NC3CCC3)cc2)N1. The number of benzene rings is 2. The summed E-state index contributed by atoms with van der Waals surface area (Å²) in [6.07, 6.45) is 8.07. The first-order valence-electron chi connectivity index (χ1n) is 11.0. The number of unbranched alkanes of at least 4 members (excludes halogenated alkanes) is 1. The number of nitrogens with one attached hydrogen (secondary N) is 2. The first-order chi connectivity index (χ1) is 14.2. The van der Waals surface area contributed by atoms with Crippen molar-refractivity contribution in [2.45, 2.75) is 70.0 Å². The third-order valence-electron chi connectivity index (χ3n) is 6.38. The van der Waals surface area contributed by atoms with E-state index in [-0.39, 0.29) is 11.9 Å². The Kier molecular flexibility index (Phi) is 6.19. The van der Waals surface area contributed by atoms with Crippen LogP contribution in [0, 0.1) is 0 Å². The van der Waals surface area contributed by atoms with Crippen LogP contribution < -0.4 is 15.4 Å². The first kappa shape index (κ1) is 20.0. The second-order valence-corrected chi connectivity index (χ2v) is 8.43. The molecule has 0 bridgehead atoms. The van der Waals surface area contributed by atoms with Crippen molar-refractivity contribution in [3.05, 3.63) is 64.7 Å². The number of methoxy groups -OCH3 is 1. The molecule has 0 spiro atoms. The van der Waals surface area contributed by atoms with Crippen molar-refractivity contribution in [1.82, 2.24) is 10.6 Å². The van der Waals surface area contributed by atoms with Gasteiger partial charge in [-0.05, 0) is 73.1 Å². The van der Waals surface area contributed by atoms with Gasteiger partial charge < -0.3 is 15.4 Å². The van der Waals surface area contributed by atoms with Crippen molar-refractivity contribution in [2.24, 2.45) is 0 Å². The molecule has 1 unspecified atom stereocenters. The highest BCUT2D eigenvalue weighted by Gasteiger charge is 2.28. The fourth-order valence-corrected chi connectivity index (χ4v) is 4.38. The van der Waals surface area contributed by atoms with Crippen molar-refractivity contribution < 1.29 is 9.53 Å². The average Bonchev–Trinajstić information content (AvgIpc) is 2.73. The molecule has 2 aliphatic rings. The van der Waals surface area contributed by atoms with E-state index in [1.807, 2.05) is 18.2 Å². The van der Waals surface area contributed by atoms with Crippen LogP contribution in [0.15, 0.2) is 42.5 Å². The molecule has 1 saturated carbocycles. The number of rotatable bonds is 7. The summed E-state index contributed by atoms with van der Waals surface area (Å²) in [6, 6.07) is 15.5. The predicted molar refractivity (Wildman–Crippen MR) is 117 cm³/mol. The van der Waals surface area contributed by atoms with Gasteiger partial charge >= 0.3 is 0 Å². The number of ether oxygens (including phenoxy) is 1. The monoisotopic (exact) mass is 392 g/mol. The number of hydrogen-bond donors (Lipinski definition) is 2. The zero-order valence-corrected chi connectivity index (χ0v) is 17.5. The molecule has 1 heterocycles. The predicted octanol–water partition coefficient (Wildman–Crippen LogP) is 4.77. The Morgan fingerprint density at radius 3 is 2.62 bits per heavy atom. The van der Waals surface area contributed by atoms with Crippen LogP contribution in [0.4, 0.5) is 0 Å². The highest BCUT2D eigenvalue weighted by molar-refractivity contribution is 5.94. The zero-order valence-electron chi connectivity index (χ0n) is 17.5. The first-order valence-corrected chi connectivity index (χ1v) is 11.0. The van der Waals surface area contributed by atoms with Crippen molar-refractivity contribution in [2.75, 3.05) is 7.11 Å². The number of carbonyl (C=O) groups is 1. The van der Waals surface area contributed by atoms with E-state index < -0.39 is 0 Å². The maximum atomic E-state index is 12.4. The normalized spacial score (nSPS) is 21.2. The molecule has 1 amide bonds. The van der Waals surface area contributed by atoms with E-state index in [1.165, 1.54) is 42.4 Å². The molecule has 4 heteroatoms. The van der Waals surface area contributed by atoms with E-state index in [0.717, 1.165) is 30.6 Å². The summed E-state index contributed by atoms with van der Waals surface area (Å²) in [5.74, 6) is 0.963. The molecule has 2 atom stereocenters. The van der Waals surface area contributed by atoms with Gasteiger partial charge in [0.25, 0.3) is 5.91 Å². The minimum Gasteiger partial charge on any atom is -0.497 e. The van der Waals surface area contributed by atoms with Crippen LogP contribution in [0.5, 0.6) is 5.75 Å². The molecular weight excluding hydrogens is 360 g/mol. The van der Waals surface area contributed by atoms with Crippen molar-refractivity contribution >= 4 is 5.91 Å². The summed E-state index contributed by atoms with van der Waals surface area (Å²) in [5, 5.41) is 6.98. The van der Waals surface area contributed by atoms with Gasteiger partial charge in [0.1, 0.15) is 5.75 Å². The van der Waals surface area contributed by atoms with Gasteiger partial charge in [-0.25, -0.2) is 0 Å². The standard InChI is InChI=1S/C25H32N2O2/c1-3-4-6-21-15-19-16-22(29-2)13-14-23(19)24(26-21)17-9-11-18(12-10-17)25(28)27-20-7-5-8-20/h9-14,16,20-21,24,26H,3-8,15H2,1-2H3,(H,27,28)/t21-,24?/m0/s1. The Balaban J connectivity index is 1.56. The summed E-state index contributed by atoms with van der Waals surface area (Å²) in [7, 11) is 1.72. The minimum absolute atomic E-state index is 0.0452. The van der Waals surface area contributed by atoms with Crippen LogP contribution in [0.2, 0.25) is 0 Å². The molecule has 4 nitrogen and oxygen atoms in total. The molecule has 2 aromatic rings. The molecule has 1 fully saturated rings. The van der Waals surface area contributed by atoms with Crippen LogP contribution in [-0.4, -0.2) is 25.1 Å². The Morgan fingerprint density at radius 2 is 1.97 bits per heavy atom. The van der Waals surface area contributed by atoms with Crippen molar-refractivity contribution in [3.8, 4) is 5.75 Å². The van der Waals surface area contributed by atoms with Crippen molar-refractivity contribution in [1.29, 1.82) is 0 Å². The zero-order chi connectivity index (χ0) is 20.2. The van der Waals surface area contributed by atoms with Gasteiger partial charge in [-0.15, -0.1) is 0 Å². The topological polar surface area (TPSA) is 50.4 Å². The summed E-state index contributed by atoms with van der Waals surface area (Å²) in [5.41, 5.74) is 4.62. The van der Waals surface area contributed by atoms with Crippen LogP contribution in [-0.2, 0) is 6.42 Å². The van der Waals surface area contributed by atoms with E-state index in [1.54, 1.807) is 7.11 Å². The number of amides is 1. The lowest BCUT2D eigenvalue weighted by Gasteiger charge is -2.34. The lowest BCUT2D eigenvalue weighted by molar-refractivity contribution is 0.0917. The number of hydrogen-bond acceptors (Lipinski definition) is 3. The largest absolute Gasteiger partial charge is 0.497 e. The Labute approximate surface area is 174 Å². The molecule has 1 aliphatic carbocycles. The quantitative estimate of drug-likeness (QED) is 0.713. The van der Waals surface area contributed by atoms with Gasteiger partial charge in [-0.1, -0.05) is 38.0 Å². The second kappa shape index (κ2) is 9.00. The number of carbonyl (C=O) groups excluding carboxylic acids is 1. The maximum Gasteiger partial charge on any atom is 0.251 e. The Morgan fingerprint density at radius 1 is 1.17 bits per heavy atom. The molecule has 0 aromatic heterocycles. The van der Waals surface area contributed by atoms with Crippen LogP contribution in [0.3, 0.4) is 0 Å². The molecule has 0 saturated heterocycles. The molecule has 154 valence electrons. The van der Waals surface area contributed by atoms with E-state index >= 15 is 0 Å². The summed E-state index contributed by atoms with van der Waals surface area (Å²) in [4.78, 5) is 12.4. The summed E-state index contributed by atoms with van der Waals surface area (Å²) in [6.45, 7) is 2.24. The Bertz CT molecular complexity index is 842. The fourth-order valence-electron chi connectivity index (χ4n) is 4.38. The summed E-state index contributed by atoms with van der Waals surface area (Å²) >= 11 is 0. The number of fused-ring (bicyclic) bond motifs is 1. The minimum atomic E-state index is 0.0452. The lowest BCUT2D eigenvalue weighted by atomic mass is 9.85. The van der Waals surface area contributed by atoms with E-state index in [2.05, 4.69) is 41.8 Å². The molecule has 29 heavy (non-hydrogen) atoms. The van der Waals surface area contributed by atoms with Crippen molar-refractivity contribution in [3.63, 3.8) is 0 Å². The van der Waals surface area contributed by atoms with E-state index in [4.69, 9.17) is 4.74 Å². The van der Waals surface area contributed by atoms with Gasteiger partial charge in [-0.3, -0.25) is 4.79 Å². The van der Waals surface area contributed by atoms with Gasteiger partial charge in [0.15, 0.2) is 0 Å². The van der Waals surface area contributed by atoms with Gasteiger partial charge in [-0.2, -0.15) is 0 Å². The average molecular weight is 393 g/mol. The lowest BCUT2D eigenvalue weighted by Crippen LogP contribution is -2.40. The molecule has 4 rings (SSSR count). The van der Waals surface area contributed by atoms with Gasteiger partial charge in [0.2, 0.25) is 0 Å². The highest BCUT2D eigenvalue weighted by Crippen LogP contribution is 2.34. The Hall–Kier alpha value is -2.33. The third kappa shape index (κ3) is 4.48. The van der Waals surface area contributed by atoms with E-state index in [0.29, 0.717) is 12.1 Å². The smallest absolute Gasteiger partial charge is 0.251 e. The fraction of sp³-hybridized carbons (Fsp3) is 0.480. The summed E-state index contributed by atoms with van der Waals surface area (Å²) < 4.78 is 5.46. The second-order valence-electron chi connectivity index (χ2n) is 8.43.